The average Bonchev–Trinajstić information content (AvgIpc) is 2.11. The van der Waals surface area contributed by atoms with Crippen LogP contribution in [0, 0.1) is 5.92 Å². The van der Waals surface area contributed by atoms with E-state index < -0.39 is 0 Å². The van der Waals surface area contributed by atoms with Crippen molar-refractivity contribution in [2.75, 3.05) is 13.7 Å². The lowest BCUT2D eigenvalue weighted by molar-refractivity contribution is 0.0205. The minimum Gasteiger partial charge on any atom is -0.393 e. The number of nitrogens with one attached hydrogen (secondary N) is 1. The summed E-state index contributed by atoms with van der Waals surface area (Å²) in [5.41, 5.74) is 2.62. The number of hydrogen-bond donors (Lipinski definition) is 2. The average molecular weight is 187 g/mol. The van der Waals surface area contributed by atoms with Crippen LogP contribution >= 0.6 is 0 Å². The zero-order valence-electron chi connectivity index (χ0n) is 8.62. The largest absolute Gasteiger partial charge is 0.393 e. The van der Waals surface area contributed by atoms with Gasteiger partial charge >= 0.3 is 0 Å². The van der Waals surface area contributed by atoms with Gasteiger partial charge in [-0.05, 0) is 25.2 Å². The van der Waals surface area contributed by atoms with Gasteiger partial charge in [0.1, 0.15) is 0 Å². The summed E-state index contributed by atoms with van der Waals surface area (Å²) >= 11 is 0. The van der Waals surface area contributed by atoms with Crippen LogP contribution in [-0.2, 0) is 4.84 Å². The molecular formula is C10H21NO2. The molecular weight excluding hydrogens is 166 g/mol. The Morgan fingerprint density at radius 1 is 1.62 bits per heavy atom. The molecule has 0 saturated heterocycles. The van der Waals surface area contributed by atoms with Gasteiger partial charge in [0.2, 0.25) is 0 Å². The molecule has 0 aromatic heterocycles. The summed E-state index contributed by atoms with van der Waals surface area (Å²) in [4.78, 5) is 5.02. The van der Waals surface area contributed by atoms with Crippen molar-refractivity contribution in [2.24, 2.45) is 5.92 Å². The maximum Gasteiger partial charge on any atom is 0.0708 e. The van der Waals surface area contributed by atoms with E-state index in [4.69, 9.17) is 4.84 Å². The fourth-order valence-electron chi connectivity index (χ4n) is 1.19. The molecule has 2 atom stereocenters. The molecule has 0 saturated carbocycles. The molecule has 0 aliphatic carbocycles. The van der Waals surface area contributed by atoms with Crippen LogP contribution in [0.25, 0.3) is 0 Å². The summed E-state index contributed by atoms with van der Waals surface area (Å²) < 4.78 is 0. The van der Waals surface area contributed by atoms with E-state index in [1.54, 1.807) is 7.05 Å². The molecule has 0 aromatic rings. The SMILES string of the molecule is C=CCCC(O)CC(C)CONC. The van der Waals surface area contributed by atoms with Crippen LogP contribution in [0.2, 0.25) is 0 Å². The van der Waals surface area contributed by atoms with E-state index in [1.807, 2.05) is 6.08 Å². The second-order valence-corrected chi connectivity index (χ2v) is 3.38. The van der Waals surface area contributed by atoms with E-state index in [0.717, 1.165) is 19.3 Å². The molecule has 0 aliphatic heterocycles. The van der Waals surface area contributed by atoms with Gasteiger partial charge in [-0.3, -0.25) is 0 Å². The lowest BCUT2D eigenvalue weighted by Gasteiger charge is -2.15. The zero-order valence-corrected chi connectivity index (χ0v) is 8.62. The lowest BCUT2D eigenvalue weighted by atomic mass is 10.0. The van der Waals surface area contributed by atoms with Crippen molar-refractivity contribution in [1.29, 1.82) is 0 Å². The van der Waals surface area contributed by atoms with Crippen molar-refractivity contribution in [3.63, 3.8) is 0 Å². The topological polar surface area (TPSA) is 41.5 Å². The first kappa shape index (κ1) is 12.6. The van der Waals surface area contributed by atoms with Crippen molar-refractivity contribution >= 4 is 0 Å². The first-order valence-corrected chi connectivity index (χ1v) is 4.78. The maximum atomic E-state index is 9.53. The quantitative estimate of drug-likeness (QED) is 0.447. The molecule has 2 unspecified atom stereocenters. The summed E-state index contributed by atoms with van der Waals surface area (Å²) in [5.74, 6) is 0.382. The van der Waals surface area contributed by atoms with Crippen molar-refractivity contribution in [3.05, 3.63) is 12.7 Å². The van der Waals surface area contributed by atoms with Gasteiger partial charge in [0.15, 0.2) is 0 Å². The Kier molecular flexibility index (Phi) is 7.99. The molecule has 0 spiro atoms. The third-order valence-electron chi connectivity index (χ3n) is 1.89. The molecule has 0 bridgehead atoms. The smallest absolute Gasteiger partial charge is 0.0708 e. The fraction of sp³-hybridized carbons (Fsp3) is 0.800. The standard InChI is InChI=1S/C10H21NO2/c1-4-5-6-10(12)7-9(2)8-13-11-3/h4,9-12H,1,5-8H2,2-3H3. The highest BCUT2D eigenvalue weighted by molar-refractivity contribution is 4.70. The number of hydrogen-bond acceptors (Lipinski definition) is 3. The fourth-order valence-corrected chi connectivity index (χ4v) is 1.19. The second kappa shape index (κ2) is 8.23. The Morgan fingerprint density at radius 2 is 2.31 bits per heavy atom. The van der Waals surface area contributed by atoms with Crippen LogP contribution in [0.4, 0.5) is 0 Å². The normalized spacial score (nSPS) is 15.3. The summed E-state index contributed by atoms with van der Waals surface area (Å²) in [7, 11) is 1.74. The van der Waals surface area contributed by atoms with Gasteiger partial charge in [-0.1, -0.05) is 13.0 Å². The molecule has 0 heterocycles. The summed E-state index contributed by atoms with van der Waals surface area (Å²) in [6.45, 7) is 6.32. The van der Waals surface area contributed by atoms with E-state index in [-0.39, 0.29) is 6.10 Å². The molecule has 0 rings (SSSR count). The highest BCUT2D eigenvalue weighted by Gasteiger charge is 2.09. The highest BCUT2D eigenvalue weighted by Crippen LogP contribution is 2.10. The van der Waals surface area contributed by atoms with E-state index in [0.29, 0.717) is 12.5 Å². The molecule has 3 heteroatoms. The molecule has 0 fully saturated rings. The van der Waals surface area contributed by atoms with Crippen molar-refractivity contribution in [2.45, 2.75) is 32.3 Å². The zero-order chi connectivity index (χ0) is 10.1. The van der Waals surface area contributed by atoms with Crippen LogP contribution in [0.15, 0.2) is 12.7 Å². The third kappa shape index (κ3) is 7.96. The summed E-state index contributed by atoms with van der Waals surface area (Å²) in [6, 6.07) is 0. The minimum atomic E-state index is -0.228. The van der Waals surface area contributed by atoms with Crippen LogP contribution in [0.1, 0.15) is 26.2 Å². The van der Waals surface area contributed by atoms with Crippen LogP contribution < -0.4 is 5.48 Å². The Balaban J connectivity index is 3.40. The first-order chi connectivity index (χ1) is 6.20. The molecule has 3 nitrogen and oxygen atoms in total. The number of allylic oxidation sites excluding steroid dienone is 1. The Hall–Kier alpha value is -0.380. The van der Waals surface area contributed by atoms with Gasteiger partial charge in [0.25, 0.3) is 0 Å². The molecule has 78 valence electrons. The monoisotopic (exact) mass is 187 g/mol. The molecule has 0 radical (unpaired) electrons. The van der Waals surface area contributed by atoms with Gasteiger partial charge < -0.3 is 9.94 Å². The molecule has 13 heavy (non-hydrogen) atoms. The maximum absolute atomic E-state index is 9.53. The molecule has 2 N–H and O–H groups in total. The van der Waals surface area contributed by atoms with E-state index in [9.17, 15) is 5.11 Å². The lowest BCUT2D eigenvalue weighted by Crippen LogP contribution is -2.19. The number of rotatable bonds is 8. The first-order valence-electron chi connectivity index (χ1n) is 4.78. The van der Waals surface area contributed by atoms with E-state index >= 15 is 0 Å². The summed E-state index contributed by atoms with van der Waals surface area (Å²) in [5, 5.41) is 9.53. The Morgan fingerprint density at radius 3 is 2.85 bits per heavy atom. The number of aliphatic hydroxyl groups excluding tert-OH is 1. The number of aliphatic hydroxyl groups is 1. The van der Waals surface area contributed by atoms with Gasteiger partial charge in [0.05, 0.1) is 12.7 Å². The molecule has 0 amide bonds. The molecule has 0 aromatic carbocycles. The van der Waals surface area contributed by atoms with Gasteiger partial charge in [-0.25, -0.2) is 5.48 Å². The van der Waals surface area contributed by atoms with E-state index in [2.05, 4.69) is 19.0 Å². The van der Waals surface area contributed by atoms with Gasteiger partial charge in [-0.2, -0.15) is 0 Å². The minimum absolute atomic E-state index is 0.228. The summed E-state index contributed by atoms with van der Waals surface area (Å²) in [6.07, 6.45) is 4.07. The second-order valence-electron chi connectivity index (χ2n) is 3.38. The third-order valence-corrected chi connectivity index (χ3v) is 1.89. The Labute approximate surface area is 80.7 Å². The predicted octanol–water partition coefficient (Wildman–Crippen LogP) is 1.49. The number of hydroxylamine groups is 1. The highest BCUT2D eigenvalue weighted by atomic mass is 16.6. The van der Waals surface area contributed by atoms with Crippen LogP contribution in [0.5, 0.6) is 0 Å². The van der Waals surface area contributed by atoms with Crippen LogP contribution in [0.3, 0.4) is 0 Å². The van der Waals surface area contributed by atoms with E-state index in [1.165, 1.54) is 0 Å². The Bertz CT molecular complexity index is 128. The van der Waals surface area contributed by atoms with Crippen molar-refractivity contribution in [1.82, 2.24) is 5.48 Å². The van der Waals surface area contributed by atoms with Crippen molar-refractivity contribution < 1.29 is 9.94 Å². The van der Waals surface area contributed by atoms with Gasteiger partial charge in [-0.15, -0.1) is 6.58 Å². The predicted molar refractivity (Wildman–Crippen MR) is 54.2 cm³/mol. The van der Waals surface area contributed by atoms with Crippen LogP contribution in [-0.4, -0.2) is 24.9 Å². The van der Waals surface area contributed by atoms with Crippen molar-refractivity contribution in [3.8, 4) is 0 Å². The van der Waals surface area contributed by atoms with Gasteiger partial charge in [0, 0.05) is 7.05 Å². The molecule has 0 aliphatic rings.